The SMILES string of the molecule is C/C=C(/CCNC[C@H](O)COc1ccccc1)c1ccc(OCC(=O)O)cc1.O=C(O)C(=O)O. The van der Waals surface area contributed by atoms with E-state index in [-0.39, 0.29) is 13.2 Å². The molecular weight excluding hydrogens is 446 g/mol. The van der Waals surface area contributed by atoms with Crippen LogP contribution in [0.15, 0.2) is 60.7 Å². The molecule has 0 unspecified atom stereocenters. The molecular formula is C24H29NO9. The summed E-state index contributed by atoms with van der Waals surface area (Å²) < 4.78 is 10.7. The highest BCUT2D eigenvalue weighted by atomic mass is 16.5. The predicted molar refractivity (Wildman–Crippen MR) is 124 cm³/mol. The van der Waals surface area contributed by atoms with E-state index >= 15 is 0 Å². The Morgan fingerprint density at radius 1 is 0.912 bits per heavy atom. The molecule has 0 aliphatic rings. The maximum absolute atomic E-state index is 10.5. The molecule has 2 aromatic carbocycles. The number of hydrogen-bond acceptors (Lipinski definition) is 7. The molecule has 0 radical (unpaired) electrons. The van der Waals surface area contributed by atoms with Crippen molar-refractivity contribution in [3.63, 3.8) is 0 Å². The Morgan fingerprint density at radius 3 is 2.03 bits per heavy atom. The highest BCUT2D eigenvalue weighted by molar-refractivity contribution is 6.27. The lowest BCUT2D eigenvalue weighted by molar-refractivity contribution is -0.159. The number of aliphatic carboxylic acids is 3. The molecule has 5 N–H and O–H groups in total. The van der Waals surface area contributed by atoms with Crippen molar-refractivity contribution in [1.82, 2.24) is 5.32 Å². The molecule has 10 heteroatoms. The van der Waals surface area contributed by atoms with Crippen LogP contribution in [0.4, 0.5) is 0 Å². The van der Waals surface area contributed by atoms with Crippen molar-refractivity contribution in [2.75, 3.05) is 26.3 Å². The zero-order valence-electron chi connectivity index (χ0n) is 18.7. The largest absolute Gasteiger partial charge is 0.491 e. The topological polar surface area (TPSA) is 163 Å². The number of aliphatic hydroxyl groups is 1. The number of nitrogens with one attached hydrogen (secondary N) is 1. The van der Waals surface area contributed by atoms with E-state index in [0.717, 1.165) is 29.9 Å². The second-order valence-corrected chi connectivity index (χ2v) is 6.86. The van der Waals surface area contributed by atoms with Crippen molar-refractivity contribution < 1.29 is 44.3 Å². The minimum atomic E-state index is -1.82. The summed E-state index contributed by atoms with van der Waals surface area (Å²) in [5.41, 5.74) is 2.22. The van der Waals surface area contributed by atoms with Gasteiger partial charge in [0.25, 0.3) is 0 Å². The van der Waals surface area contributed by atoms with Crippen molar-refractivity contribution in [2.45, 2.75) is 19.4 Å². The zero-order valence-corrected chi connectivity index (χ0v) is 18.7. The molecule has 2 aromatic rings. The van der Waals surface area contributed by atoms with Crippen LogP contribution in [0, 0.1) is 0 Å². The Kier molecular flexibility index (Phi) is 13.1. The average Bonchev–Trinajstić information content (AvgIpc) is 2.83. The third-order valence-corrected chi connectivity index (χ3v) is 4.26. The molecule has 0 fully saturated rings. The number of para-hydroxylation sites is 1. The smallest absolute Gasteiger partial charge is 0.414 e. The summed E-state index contributed by atoms with van der Waals surface area (Å²) >= 11 is 0. The first-order chi connectivity index (χ1) is 16.2. The fourth-order valence-corrected chi connectivity index (χ4v) is 2.63. The van der Waals surface area contributed by atoms with Crippen molar-refractivity contribution in [3.05, 3.63) is 66.2 Å². The Labute approximate surface area is 197 Å². The maximum atomic E-state index is 10.5. The van der Waals surface area contributed by atoms with Gasteiger partial charge in [0, 0.05) is 6.54 Å². The average molecular weight is 475 g/mol. The molecule has 0 saturated carbocycles. The van der Waals surface area contributed by atoms with E-state index < -0.39 is 24.0 Å². The number of allylic oxidation sites excluding steroid dienone is 1. The van der Waals surface area contributed by atoms with Crippen molar-refractivity contribution in [2.24, 2.45) is 0 Å². The van der Waals surface area contributed by atoms with Gasteiger partial charge in [0.15, 0.2) is 6.61 Å². The second-order valence-electron chi connectivity index (χ2n) is 6.86. The van der Waals surface area contributed by atoms with Gasteiger partial charge in [-0.15, -0.1) is 0 Å². The van der Waals surface area contributed by atoms with Crippen LogP contribution in [-0.2, 0) is 14.4 Å². The number of hydrogen-bond donors (Lipinski definition) is 5. The van der Waals surface area contributed by atoms with Crippen LogP contribution in [-0.4, -0.2) is 70.7 Å². The third-order valence-electron chi connectivity index (χ3n) is 4.26. The molecule has 0 aliphatic heterocycles. The van der Waals surface area contributed by atoms with Gasteiger partial charge in [-0.25, -0.2) is 14.4 Å². The summed E-state index contributed by atoms with van der Waals surface area (Å²) in [5.74, 6) is -3.37. The summed E-state index contributed by atoms with van der Waals surface area (Å²) in [6.45, 7) is 3.04. The minimum Gasteiger partial charge on any atom is -0.491 e. The first-order valence-corrected chi connectivity index (χ1v) is 10.4. The van der Waals surface area contributed by atoms with Crippen LogP contribution in [0.3, 0.4) is 0 Å². The standard InChI is InChI=1S/C22H27NO5.C2H2O4/c1-2-17(18-8-10-21(11-9-18)28-16-22(25)26)12-13-23-14-19(24)15-27-20-6-4-3-5-7-20;3-1(4)2(5)6/h2-11,19,23-24H,12-16H2,1H3,(H,25,26);(H,3,4)(H,5,6)/b17-2-;/t19-;/m0./s1. The van der Waals surface area contributed by atoms with E-state index in [2.05, 4.69) is 5.32 Å². The summed E-state index contributed by atoms with van der Waals surface area (Å²) in [4.78, 5) is 28.7. The second kappa shape index (κ2) is 15.8. The summed E-state index contributed by atoms with van der Waals surface area (Å²) in [7, 11) is 0. The normalized spacial score (nSPS) is 11.5. The van der Waals surface area contributed by atoms with E-state index in [1.54, 1.807) is 12.1 Å². The lowest BCUT2D eigenvalue weighted by Gasteiger charge is -2.14. The molecule has 0 aromatic heterocycles. The van der Waals surface area contributed by atoms with Gasteiger partial charge in [-0.2, -0.15) is 0 Å². The predicted octanol–water partition coefficient (Wildman–Crippen LogP) is 2.13. The highest BCUT2D eigenvalue weighted by Crippen LogP contribution is 2.21. The number of carboxylic acids is 3. The van der Waals surface area contributed by atoms with Gasteiger partial charge in [0.1, 0.15) is 24.2 Å². The lowest BCUT2D eigenvalue weighted by atomic mass is 10.0. The van der Waals surface area contributed by atoms with E-state index in [4.69, 9.17) is 34.4 Å². The molecule has 0 amide bonds. The monoisotopic (exact) mass is 475 g/mol. The number of rotatable bonds is 12. The van der Waals surface area contributed by atoms with E-state index in [1.807, 2.05) is 55.5 Å². The van der Waals surface area contributed by atoms with Gasteiger partial charge >= 0.3 is 17.9 Å². The molecule has 34 heavy (non-hydrogen) atoms. The van der Waals surface area contributed by atoms with Crippen LogP contribution in [0.25, 0.3) is 5.57 Å². The molecule has 184 valence electrons. The minimum absolute atomic E-state index is 0.241. The van der Waals surface area contributed by atoms with Crippen LogP contribution >= 0.6 is 0 Å². The van der Waals surface area contributed by atoms with E-state index in [9.17, 15) is 9.90 Å². The Balaban J connectivity index is 0.000000852. The Hall–Kier alpha value is -3.89. The molecule has 0 saturated heterocycles. The molecule has 10 nitrogen and oxygen atoms in total. The van der Waals surface area contributed by atoms with Gasteiger partial charge in [-0.1, -0.05) is 36.4 Å². The number of carboxylic acid groups (broad SMARTS) is 3. The molecule has 0 heterocycles. The van der Waals surface area contributed by atoms with Gasteiger partial charge in [0.2, 0.25) is 0 Å². The zero-order chi connectivity index (χ0) is 25.3. The number of carbonyl (C=O) groups is 3. The fourth-order valence-electron chi connectivity index (χ4n) is 2.63. The maximum Gasteiger partial charge on any atom is 0.414 e. The first-order valence-electron chi connectivity index (χ1n) is 10.4. The summed E-state index contributed by atoms with van der Waals surface area (Å²) in [6.07, 6.45) is 2.27. The van der Waals surface area contributed by atoms with Crippen molar-refractivity contribution >= 4 is 23.5 Å². The summed E-state index contributed by atoms with van der Waals surface area (Å²) in [5, 5.41) is 36.7. The van der Waals surface area contributed by atoms with E-state index in [0.29, 0.717) is 12.3 Å². The van der Waals surface area contributed by atoms with Gasteiger partial charge < -0.3 is 35.2 Å². The highest BCUT2D eigenvalue weighted by Gasteiger charge is 2.07. The molecule has 2 rings (SSSR count). The van der Waals surface area contributed by atoms with Crippen LogP contribution < -0.4 is 14.8 Å². The van der Waals surface area contributed by atoms with Gasteiger partial charge in [-0.3, -0.25) is 0 Å². The first kappa shape index (κ1) is 28.1. The fraction of sp³-hybridized carbons (Fsp3) is 0.292. The molecule has 1 atom stereocenters. The van der Waals surface area contributed by atoms with E-state index in [1.165, 1.54) is 0 Å². The quantitative estimate of drug-likeness (QED) is 0.227. The Bertz CT molecular complexity index is 915. The van der Waals surface area contributed by atoms with Gasteiger partial charge in [-0.05, 0) is 55.3 Å². The van der Waals surface area contributed by atoms with Crippen LogP contribution in [0.1, 0.15) is 18.9 Å². The molecule has 0 bridgehead atoms. The Morgan fingerprint density at radius 2 is 1.50 bits per heavy atom. The van der Waals surface area contributed by atoms with Crippen molar-refractivity contribution in [1.29, 1.82) is 0 Å². The van der Waals surface area contributed by atoms with Crippen LogP contribution in [0.5, 0.6) is 11.5 Å². The van der Waals surface area contributed by atoms with Crippen LogP contribution in [0.2, 0.25) is 0 Å². The molecule has 0 spiro atoms. The number of ether oxygens (including phenoxy) is 2. The third kappa shape index (κ3) is 12.2. The summed E-state index contributed by atoms with van der Waals surface area (Å²) in [6, 6.07) is 16.8. The lowest BCUT2D eigenvalue weighted by Crippen LogP contribution is -2.32. The molecule has 0 aliphatic carbocycles. The number of benzene rings is 2. The van der Waals surface area contributed by atoms with Crippen molar-refractivity contribution in [3.8, 4) is 11.5 Å². The van der Waals surface area contributed by atoms with Gasteiger partial charge in [0.05, 0.1) is 0 Å². The number of aliphatic hydroxyl groups excluding tert-OH is 1.